The van der Waals surface area contributed by atoms with Crippen molar-refractivity contribution in [2.24, 2.45) is 7.05 Å². The number of aromatic nitrogens is 1. The molecule has 0 aliphatic rings. The van der Waals surface area contributed by atoms with Gasteiger partial charge in [0.05, 0.1) is 12.3 Å². The summed E-state index contributed by atoms with van der Waals surface area (Å²) in [6.45, 7) is 3.74. The first-order valence-corrected chi connectivity index (χ1v) is 11.8. The molecule has 0 saturated carbocycles. The molecule has 184 valence electrons. The van der Waals surface area contributed by atoms with Gasteiger partial charge in [-0.3, -0.25) is 9.59 Å². The standard InChI is InChI=1S/C28H25ClN2O5/c1-4-35-23-12-8-7-11-22(23)30-26(32)17(2)36-28(34)25-24(18-13-15-19(29)16-14-18)20-9-5-6-10-21(20)27(33)31(25)3/h5-17H,4H2,1-3H3,(H,30,32). The Morgan fingerprint density at radius 3 is 2.31 bits per heavy atom. The molecule has 4 aromatic rings. The second-order valence-electron chi connectivity index (χ2n) is 8.11. The van der Waals surface area contributed by atoms with Gasteiger partial charge < -0.3 is 19.4 Å². The van der Waals surface area contributed by atoms with E-state index in [-0.39, 0.29) is 11.3 Å². The molecule has 1 heterocycles. The van der Waals surface area contributed by atoms with E-state index in [1.54, 1.807) is 72.8 Å². The van der Waals surface area contributed by atoms with Gasteiger partial charge in [0.15, 0.2) is 6.10 Å². The third-order valence-corrected chi connectivity index (χ3v) is 5.98. The number of carbonyl (C=O) groups excluding carboxylic acids is 2. The number of amides is 1. The first-order valence-electron chi connectivity index (χ1n) is 11.4. The number of carbonyl (C=O) groups is 2. The number of halogens is 1. The maximum atomic E-state index is 13.4. The molecule has 0 saturated heterocycles. The molecule has 0 bridgehead atoms. The van der Waals surface area contributed by atoms with E-state index < -0.39 is 18.0 Å². The summed E-state index contributed by atoms with van der Waals surface area (Å²) in [5, 5.41) is 4.33. The molecule has 1 aromatic heterocycles. The quantitative estimate of drug-likeness (QED) is 0.338. The van der Waals surface area contributed by atoms with Crippen LogP contribution in [-0.2, 0) is 16.6 Å². The molecular formula is C28H25ClN2O5. The maximum absolute atomic E-state index is 13.4. The molecule has 8 heteroatoms. The molecule has 0 spiro atoms. The van der Waals surface area contributed by atoms with Crippen LogP contribution in [0.5, 0.6) is 5.75 Å². The van der Waals surface area contributed by atoms with Crippen LogP contribution in [0.4, 0.5) is 5.69 Å². The minimum Gasteiger partial charge on any atom is -0.492 e. The minimum absolute atomic E-state index is 0.0374. The van der Waals surface area contributed by atoms with Crippen molar-refractivity contribution < 1.29 is 19.1 Å². The number of nitrogens with one attached hydrogen (secondary N) is 1. The predicted molar refractivity (Wildman–Crippen MR) is 141 cm³/mol. The Balaban J connectivity index is 1.71. The zero-order valence-corrected chi connectivity index (χ0v) is 20.8. The molecule has 0 radical (unpaired) electrons. The number of esters is 1. The van der Waals surface area contributed by atoms with Crippen LogP contribution in [0.15, 0.2) is 77.6 Å². The summed E-state index contributed by atoms with van der Waals surface area (Å²) in [6, 6.07) is 21.0. The molecular weight excluding hydrogens is 480 g/mol. The van der Waals surface area contributed by atoms with E-state index in [0.717, 1.165) is 0 Å². The fraction of sp³-hybridized carbons (Fsp3) is 0.179. The second-order valence-corrected chi connectivity index (χ2v) is 8.54. The van der Waals surface area contributed by atoms with E-state index in [0.29, 0.717) is 45.0 Å². The molecule has 4 rings (SSSR count). The Morgan fingerprint density at radius 2 is 1.61 bits per heavy atom. The lowest BCUT2D eigenvalue weighted by Crippen LogP contribution is -2.33. The first kappa shape index (κ1) is 25.0. The number of benzene rings is 3. The lowest BCUT2D eigenvalue weighted by molar-refractivity contribution is -0.123. The van der Waals surface area contributed by atoms with E-state index in [4.69, 9.17) is 21.1 Å². The molecule has 3 aromatic carbocycles. The van der Waals surface area contributed by atoms with E-state index >= 15 is 0 Å². The topological polar surface area (TPSA) is 86.6 Å². The highest BCUT2D eigenvalue weighted by atomic mass is 35.5. The zero-order valence-electron chi connectivity index (χ0n) is 20.1. The Hall–Kier alpha value is -4.10. The number of hydrogen-bond acceptors (Lipinski definition) is 5. The molecule has 1 atom stereocenters. The van der Waals surface area contributed by atoms with Crippen molar-refractivity contribution in [3.63, 3.8) is 0 Å². The van der Waals surface area contributed by atoms with Gasteiger partial charge in [0, 0.05) is 23.0 Å². The van der Waals surface area contributed by atoms with Crippen LogP contribution < -0.4 is 15.6 Å². The van der Waals surface area contributed by atoms with Gasteiger partial charge >= 0.3 is 5.97 Å². The van der Waals surface area contributed by atoms with Crippen LogP contribution >= 0.6 is 11.6 Å². The number of pyridine rings is 1. The molecule has 0 fully saturated rings. The van der Waals surface area contributed by atoms with E-state index in [2.05, 4.69) is 5.32 Å². The fourth-order valence-corrected chi connectivity index (χ4v) is 4.09. The van der Waals surface area contributed by atoms with Crippen molar-refractivity contribution >= 4 is 39.9 Å². The van der Waals surface area contributed by atoms with Crippen molar-refractivity contribution in [1.29, 1.82) is 0 Å². The maximum Gasteiger partial charge on any atom is 0.356 e. The summed E-state index contributed by atoms with van der Waals surface area (Å²) in [6.07, 6.45) is -1.15. The highest BCUT2D eigenvalue weighted by Crippen LogP contribution is 2.32. The smallest absolute Gasteiger partial charge is 0.356 e. The summed E-state index contributed by atoms with van der Waals surface area (Å²) in [5.41, 5.74) is 1.35. The van der Waals surface area contributed by atoms with Crippen LogP contribution in [0.1, 0.15) is 24.3 Å². The summed E-state index contributed by atoms with van der Waals surface area (Å²) in [5.74, 6) is -0.825. The lowest BCUT2D eigenvalue weighted by atomic mass is 9.96. The predicted octanol–water partition coefficient (Wildman–Crippen LogP) is 5.44. The van der Waals surface area contributed by atoms with Gasteiger partial charge in [-0.05, 0) is 55.1 Å². The molecule has 0 aliphatic carbocycles. The van der Waals surface area contributed by atoms with Gasteiger partial charge in [0.2, 0.25) is 0 Å². The number of rotatable bonds is 7. The van der Waals surface area contributed by atoms with E-state index in [1.165, 1.54) is 18.5 Å². The number of nitrogens with zero attached hydrogens (tertiary/aromatic N) is 1. The van der Waals surface area contributed by atoms with Gasteiger partial charge in [0.25, 0.3) is 11.5 Å². The Morgan fingerprint density at radius 1 is 0.972 bits per heavy atom. The van der Waals surface area contributed by atoms with Crippen molar-refractivity contribution in [2.45, 2.75) is 20.0 Å². The monoisotopic (exact) mass is 504 g/mol. The van der Waals surface area contributed by atoms with Gasteiger partial charge in [-0.1, -0.05) is 54.1 Å². The number of anilines is 1. The number of fused-ring (bicyclic) bond motifs is 1. The molecule has 0 aliphatic heterocycles. The second kappa shape index (κ2) is 10.7. The number of hydrogen-bond donors (Lipinski definition) is 1. The highest BCUT2D eigenvalue weighted by molar-refractivity contribution is 6.30. The van der Waals surface area contributed by atoms with Gasteiger partial charge in [0.1, 0.15) is 11.4 Å². The first-order chi connectivity index (χ1) is 17.3. The normalized spacial score (nSPS) is 11.7. The summed E-state index contributed by atoms with van der Waals surface area (Å²) >= 11 is 6.08. The third-order valence-electron chi connectivity index (χ3n) is 5.73. The van der Waals surface area contributed by atoms with Gasteiger partial charge in [-0.15, -0.1) is 0 Å². The minimum atomic E-state index is -1.15. The average molecular weight is 505 g/mol. The van der Waals surface area contributed by atoms with E-state index in [9.17, 15) is 14.4 Å². The zero-order chi connectivity index (χ0) is 25.8. The highest BCUT2D eigenvalue weighted by Gasteiger charge is 2.26. The van der Waals surface area contributed by atoms with Crippen LogP contribution in [0.3, 0.4) is 0 Å². The average Bonchev–Trinajstić information content (AvgIpc) is 2.88. The summed E-state index contributed by atoms with van der Waals surface area (Å²) in [4.78, 5) is 39.4. The Bertz CT molecular complexity index is 1490. The van der Waals surface area contributed by atoms with Gasteiger partial charge in [-0.25, -0.2) is 4.79 Å². The number of ether oxygens (including phenoxy) is 2. The Labute approximate surface area is 213 Å². The molecule has 1 unspecified atom stereocenters. The summed E-state index contributed by atoms with van der Waals surface area (Å²) in [7, 11) is 1.51. The van der Waals surface area contributed by atoms with Crippen molar-refractivity contribution in [3.05, 3.63) is 93.9 Å². The van der Waals surface area contributed by atoms with Crippen molar-refractivity contribution in [3.8, 4) is 16.9 Å². The van der Waals surface area contributed by atoms with Crippen LogP contribution in [0.2, 0.25) is 5.02 Å². The lowest BCUT2D eigenvalue weighted by Gasteiger charge is -2.19. The van der Waals surface area contributed by atoms with Crippen LogP contribution in [-0.4, -0.2) is 29.2 Å². The van der Waals surface area contributed by atoms with Crippen LogP contribution in [0.25, 0.3) is 21.9 Å². The van der Waals surface area contributed by atoms with Crippen molar-refractivity contribution in [2.75, 3.05) is 11.9 Å². The molecule has 36 heavy (non-hydrogen) atoms. The third kappa shape index (κ3) is 4.97. The fourth-order valence-electron chi connectivity index (χ4n) is 3.97. The Kier molecular flexibility index (Phi) is 7.41. The van der Waals surface area contributed by atoms with Gasteiger partial charge in [-0.2, -0.15) is 0 Å². The summed E-state index contributed by atoms with van der Waals surface area (Å²) < 4.78 is 12.4. The SMILES string of the molecule is CCOc1ccccc1NC(=O)C(C)OC(=O)c1c(-c2ccc(Cl)cc2)c2ccccc2c(=O)n1C. The molecule has 1 N–H and O–H groups in total. The largest absolute Gasteiger partial charge is 0.492 e. The van der Waals surface area contributed by atoms with Crippen LogP contribution in [0, 0.1) is 0 Å². The van der Waals surface area contributed by atoms with E-state index in [1.807, 2.05) is 6.92 Å². The molecule has 1 amide bonds. The molecule has 7 nitrogen and oxygen atoms in total. The number of para-hydroxylation sites is 2. The van der Waals surface area contributed by atoms with Crippen molar-refractivity contribution in [1.82, 2.24) is 4.57 Å².